The molecule has 0 spiro atoms. The minimum absolute atomic E-state index is 0.173. The van der Waals surface area contributed by atoms with Gasteiger partial charge in [-0.1, -0.05) is 0 Å². The summed E-state index contributed by atoms with van der Waals surface area (Å²) in [5, 5.41) is 0. The summed E-state index contributed by atoms with van der Waals surface area (Å²) in [7, 11) is 3.85. The number of aryl methyl sites for hydroxylation is 1. The summed E-state index contributed by atoms with van der Waals surface area (Å²) >= 11 is 0.771. The largest absolute Gasteiger partial charge is 0.455 e. The number of hydrogen-bond donors (Lipinski definition) is 1. The van der Waals surface area contributed by atoms with E-state index in [1.165, 1.54) is 24.5 Å². The molecule has 3 aromatic rings. The fourth-order valence-electron chi connectivity index (χ4n) is 3.81. The van der Waals surface area contributed by atoms with E-state index in [9.17, 15) is 27.2 Å². The lowest BCUT2D eigenvalue weighted by Crippen LogP contribution is -2.27. The van der Waals surface area contributed by atoms with Gasteiger partial charge in [-0.3, -0.25) is 9.59 Å². The highest BCUT2D eigenvalue weighted by Crippen LogP contribution is 2.32. The van der Waals surface area contributed by atoms with E-state index in [0.717, 1.165) is 17.4 Å². The minimum Gasteiger partial charge on any atom is -0.444 e. The summed E-state index contributed by atoms with van der Waals surface area (Å²) in [6, 6.07) is 8.36. The van der Waals surface area contributed by atoms with Gasteiger partial charge in [0.2, 0.25) is 11.8 Å². The third-order valence-electron chi connectivity index (χ3n) is 5.81. The predicted octanol–water partition coefficient (Wildman–Crippen LogP) is 5.45. The number of rotatable bonds is 12. The maximum atomic E-state index is 13.3. The van der Waals surface area contributed by atoms with Crippen LogP contribution in [-0.4, -0.2) is 48.4 Å². The Kier molecular flexibility index (Phi) is 9.02. The van der Waals surface area contributed by atoms with E-state index in [1.54, 1.807) is 12.1 Å². The van der Waals surface area contributed by atoms with Crippen LogP contribution in [0.1, 0.15) is 45.4 Å². The van der Waals surface area contributed by atoms with Gasteiger partial charge in [-0.05, 0) is 82.7 Å². The Labute approximate surface area is 210 Å². The Morgan fingerprint density at radius 3 is 2.42 bits per heavy atom. The number of halogens is 4. The third-order valence-corrected chi connectivity index (χ3v) is 6.95. The maximum Gasteiger partial charge on any atom is 0.455 e. The molecular weight excluding hydrogens is 498 g/mol. The summed E-state index contributed by atoms with van der Waals surface area (Å²) in [6.45, 7) is 0.711. The van der Waals surface area contributed by atoms with Crippen LogP contribution in [0.4, 0.5) is 17.6 Å². The topological polar surface area (TPSA) is 89.4 Å². The number of aromatic nitrogens is 1. The first-order chi connectivity index (χ1) is 16.9. The zero-order valence-corrected chi connectivity index (χ0v) is 20.7. The first kappa shape index (κ1) is 27.5. The van der Waals surface area contributed by atoms with Crippen LogP contribution in [0.5, 0.6) is 0 Å². The van der Waals surface area contributed by atoms with Crippen molar-refractivity contribution in [3.05, 3.63) is 63.9 Å². The molecule has 1 amide bonds. The van der Waals surface area contributed by atoms with Crippen LogP contribution in [0.15, 0.2) is 47.1 Å². The summed E-state index contributed by atoms with van der Waals surface area (Å²) in [6.07, 6.45) is -1.75. The molecule has 0 radical (unpaired) electrons. The number of nitrogens with zero attached hydrogens (tertiary/aromatic N) is 2. The SMILES string of the molecule is CN(C)CCC(CC(CCc1ccc(C(=O)C(F)(F)F)s1)C(N)=O)c1coc(-c2ccc(F)cc2)n1. The van der Waals surface area contributed by atoms with Crippen molar-refractivity contribution >= 4 is 23.0 Å². The highest BCUT2D eigenvalue weighted by Gasteiger charge is 2.40. The normalized spacial score (nSPS) is 13.6. The molecule has 0 saturated carbocycles. The lowest BCUT2D eigenvalue weighted by Gasteiger charge is -2.21. The number of carbonyl (C=O) groups is 2. The summed E-state index contributed by atoms with van der Waals surface area (Å²) < 4.78 is 56.9. The number of thiophene rings is 1. The van der Waals surface area contributed by atoms with Crippen molar-refractivity contribution in [3.8, 4) is 11.5 Å². The number of Topliss-reactive ketones (excluding diaryl/α,β-unsaturated/α-hetero) is 1. The summed E-state index contributed by atoms with van der Waals surface area (Å²) in [4.78, 5) is 30.5. The van der Waals surface area contributed by atoms with Crippen molar-refractivity contribution in [1.82, 2.24) is 9.88 Å². The van der Waals surface area contributed by atoms with Crippen LogP contribution in [0.3, 0.4) is 0 Å². The molecule has 2 aromatic heterocycles. The molecule has 0 fully saturated rings. The molecule has 0 aliphatic carbocycles. The number of alkyl halides is 3. The van der Waals surface area contributed by atoms with E-state index >= 15 is 0 Å². The third kappa shape index (κ3) is 7.47. The Balaban J connectivity index is 1.73. The molecule has 2 atom stereocenters. The van der Waals surface area contributed by atoms with Gasteiger partial charge in [0.25, 0.3) is 5.78 Å². The molecule has 1 aromatic carbocycles. The highest BCUT2D eigenvalue weighted by atomic mass is 32.1. The second kappa shape index (κ2) is 11.8. The van der Waals surface area contributed by atoms with Gasteiger partial charge in [0.1, 0.15) is 12.1 Å². The molecule has 0 saturated heterocycles. The monoisotopic (exact) mass is 525 g/mol. The van der Waals surface area contributed by atoms with Crippen LogP contribution in [0, 0.1) is 11.7 Å². The van der Waals surface area contributed by atoms with Crippen molar-refractivity contribution in [3.63, 3.8) is 0 Å². The average Bonchev–Trinajstić information content (AvgIpc) is 3.48. The zero-order chi connectivity index (χ0) is 26.5. The van der Waals surface area contributed by atoms with Crippen LogP contribution in [0.25, 0.3) is 11.5 Å². The standard InChI is InChI=1S/C25H27F4N3O3S/c1-32(2)12-11-16(20-14-35-24(31-20)15-3-6-18(26)7-4-15)13-17(23(30)34)5-8-19-9-10-21(36-19)22(33)25(27,28)29/h3-4,6-7,9-10,14,16-17H,5,8,11-13H2,1-2H3,(H2,30,34). The number of ketones is 1. The molecule has 11 heteroatoms. The quantitative estimate of drug-likeness (QED) is 0.251. The van der Waals surface area contributed by atoms with Crippen molar-refractivity contribution in [2.24, 2.45) is 11.7 Å². The number of nitrogens with two attached hydrogens (primary N) is 1. The fourth-order valence-corrected chi connectivity index (χ4v) is 4.79. The lowest BCUT2D eigenvalue weighted by molar-refractivity contribution is -0.122. The van der Waals surface area contributed by atoms with Gasteiger partial charge in [-0.2, -0.15) is 13.2 Å². The molecule has 3 rings (SSSR count). The van der Waals surface area contributed by atoms with E-state index in [4.69, 9.17) is 10.2 Å². The maximum absolute atomic E-state index is 13.3. The molecule has 6 nitrogen and oxygen atoms in total. The van der Waals surface area contributed by atoms with E-state index in [0.29, 0.717) is 54.3 Å². The Morgan fingerprint density at radius 1 is 1.11 bits per heavy atom. The first-order valence-electron chi connectivity index (χ1n) is 11.3. The zero-order valence-electron chi connectivity index (χ0n) is 19.8. The van der Waals surface area contributed by atoms with Gasteiger partial charge in [0.15, 0.2) is 0 Å². The number of benzene rings is 1. The van der Waals surface area contributed by atoms with Gasteiger partial charge in [0, 0.05) is 22.3 Å². The molecule has 36 heavy (non-hydrogen) atoms. The van der Waals surface area contributed by atoms with Crippen LogP contribution >= 0.6 is 11.3 Å². The number of primary amides is 1. The number of amides is 1. The highest BCUT2D eigenvalue weighted by molar-refractivity contribution is 7.14. The van der Waals surface area contributed by atoms with Crippen LogP contribution in [0.2, 0.25) is 0 Å². The van der Waals surface area contributed by atoms with E-state index in [-0.39, 0.29) is 16.6 Å². The summed E-state index contributed by atoms with van der Waals surface area (Å²) in [5.74, 6) is -3.18. The van der Waals surface area contributed by atoms with Crippen molar-refractivity contribution in [2.45, 2.75) is 37.8 Å². The Hall–Kier alpha value is -3.05. The van der Waals surface area contributed by atoms with E-state index in [2.05, 4.69) is 4.98 Å². The first-order valence-corrected chi connectivity index (χ1v) is 12.1. The van der Waals surface area contributed by atoms with Crippen LogP contribution in [-0.2, 0) is 11.2 Å². The molecule has 0 aliphatic rings. The number of carbonyl (C=O) groups excluding carboxylic acids is 2. The minimum atomic E-state index is -4.93. The van der Waals surface area contributed by atoms with Gasteiger partial charge >= 0.3 is 6.18 Å². The fraction of sp³-hybridized carbons (Fsp3) is 0.400. The Morgan fingerprint density at radius 2 is 1.81 bits per heavy atom. The Bertz CT molecular complexity index is 1170. The van der Waals surface area contributed by atoms with Gasteiger partial charge in [0.05, 0.1) is 10.6 Å². The molecule has 2 N–H and O–H groups in total. The molecule has 2 unspecified atom stereocenters. The molecule has 194 valence electrons. The van der Waals surface area contributed by atoms with Gasteiger partial charge < -0.3 is 15.1 Å². The second-order valence-electron chi connectivity index (χ2n) is 8.84. The van der Waals surface area contributed by atoms with Crippen molar-refractivity contribution in [2.75, 3.05) is 20.6 Å². The van der Waals surface area contributed by atoms with Gasteiger partial charge in [-0.15, -0.1) is 11.3 Å². The predicted molar refractivity (Wildman–Crippen MR) is 128 cm³/mol. The lowest BCUT2D eigenvalue weighted by atomic mass is 9.86. The molecular formula is C25H27F4N3O3S. The molecule has 0 aliphatic heterocycles. The molecule has 0 bridgehead atoms. The van der Waals surface area contributed by atoms with E-state index in [1.807, 2.05) is 19.0 Å². The number of hydrogen-bond acceptors (Lipinski definition) is 6. The molecule has 2 heterocycles. The van der Waals surface area contributed by atoms with E-state index < -0.39 is 23.8 Å². The average molecular weight is 526 g/mol. The summed E-state index contributed by atoms with van der Waals surface area (Å²) in [5.41, 5.74) is 6.93. The van der Waals surface area contributed by atoms with Crippen molar-refractivity contribution < 1.29 is 31.6 Å². The van der Waals surface area contributed by atoms with Crippen molar-refractivity contribution in [1.29, 1.82) is 0 Å². The smallest absolute Gasteiger partial charge is 0.444 e. The number of oxazole rings is 1. The van der Waals surface area contributed by atoms with Gasteiger partial charge in [-0.25, -0.2) is 9.37 Å². The second-order valence-corrected chi connectivity index (χ2v) is 10.0. The van der Waals surface area contributed by atoms with Crippen LogP contribution < -0.4 is 5.73 Å².